The molecule has 0 saturated carbocycles. The minimum absolute atomic E-state index is 0.234. The maximum atomic E-state index is 11.8. The molecule has 2 aliphatic heterocycles. The fourth-order valence-corrected chi connectivity index (χ4v) is 4.53. The van der Waals surface area contributed by atoms with E-state index in [0.717, 1.165) is 37.2 Å². The van der Waals surface area contributed by atoms with Gasteiger partial charge in [-0.05, 0) is 17.5 Å². The number of hydrogen-bond donors (Lipinski definition) is 0. The molecule has 0 bridgehead atoms. The van der Waals surface area contributed by atoms with Gasteiger partial charge in [0.15, 0.2) is 0 Å². The third-order valence-corrected chi connectivity index (χ3v) is 6.06. The Kier molecular flexibility index (Phi) is 4.82. The van der Waals surface area contributed by atoms with Crippen molar-refractivity contribution in [1.82, 2.24) is 9.80 Å². The molecule has 2 saturated heterocycles. The Balaban J connectivity index is 1.55. The van der Waals surface area contributed by atoms with Crippen LogP contribution in [0.15, 0.2) is 60.7 Å². The first-order valence-corrected chi connectivity index (χ1v) is 9.76. The van der Waals surface area contributed by atoms with Gasteiger partial charge in [0.2, 0.25) is 0 Å². The van der Waals surface area contributed by atoms with E-state index in [1.807, 2.05) is 60.7 Å². The fourth-order valence-electron chi connectivity index (χ4n) is 4.53. The molecule has 1 amide bonds. The van der Waals surface area contributed by atoms with Crippen molar-refractivity contribution in [3.63, 3.8) is 0 Å². The molecule has 0 radical (unpaired) electrons. The Bertz CT molecular complexity index is 838. The van der Waals surface area contributed by atoms with Gasteiger partial charge in [-0.2, -0.15) is 5.26 Å². The molecule has 1 atom stereocenters. The molecular formula is C23H25N3O2. The van der Waals surface area contributed by atoms with Gasteiger partial charge in [0.25, 0.3) is 0 Å². The van der Waals surface area contributed by atoms with E-state index in [2.05, 4.69) is 11.0 Å². The van der Waals surface area contributed by atoms with Crippen LogP contribution in [-0.4, -0.2) is 54.7 Å². The topological polar surface area (TPSA) is 56.6 Å². The van der Waals surface area contributed by atoms with Crippen molar-refractivity contribution in [2.75, 3.05) is 33.2 Å². The van der Waals surface area contributed by atoms with Crippen molar-refractivity contribution in [3.8, 4) is 6.07 Å². The van der Waals surface area contributed by atoms with Gasteiger partial charge in [-0.15, -0.1) is 0 Å². The number of likely N-dealkylation sites (N-methyl/N-ethyl adjacent to an activating group) is 1. The van der Waals surface area contributed by atoms with Crippen molar-refractivity contribution < 1.29 is 9.53 Å². The maximum Gasteiger partial charge on any atom is 0.410 e. The maximum absolute atomic E-state index is 11.8. The monoisotopic (exact) mass is 375 g/mol. The molecule has 1 spiro atoms. The van der Waals surface area contributed by atoms with Crippen LogP contribution < -0.4 is 0 Å². The van der Waals surface area contributed by atoms with E-state index in [9.17, 15) is 10.1 Å². The van der Waals surface area contributed by atoms with Crippen LogP contribution in [0.1, 0.15) is 24.0 Å². The molecule has 2 aromatic carbocycles. The minimum Gasteiger partial charge on any atom is -0.439 e. The van der Waals surface area contributed by atoms with Crippen LogP contribution in [0.3, 0.4) is 0 Å². The number of benzene rings is 2. The minimum atomic E-state index is -0.693. The van der Waals surface area contributed by atoms with Crippen molar-refractivity contribution >= 4 is 6.09 Å². The van der Waals surface area contributed by atoms with Gasteiger partial charge in [-0.25, -0.2) is 4.79 Å². The average molecular weight is 375 g/mol. The summed E-state index contributed by atoms with van der Waals surface area (Å²) in [4.78, 5) is 15.8. The molecule has 0 aromatic heterocycles. The first kappa shape index (κ1) is 18.5. The van der Waals surface area contributed by atoms with Gasteiger partial charge >= 0.3 is 6.09 Å². The zero-order valence-electron chi connectivity index (χ0n) is 16.2. The van der Waals surface area contributed by atoms with Crippen molar-refractivity contribution in [2.45, 2.75) is 23.9 Å². The Hall–Kier alpha value is -2.84. The molecule has 2 heterocycles. The van der Waals surface area contributed by atoms with Crippen molar-refractivity contribution in [2.24, 2.45) is 0 Å². The molecule has 0 N–H and O–H groups in total. The summed E-state index contributed by atoms with van der Waals surface area (Å²) in [5.41, 5.74) is 0.955. The van der Waals surface area contributed by atoms with Gasteiger partial charge in [0.05, 0.1) is 12.6 Å². The Morgan fingerprint density at radius 3 is 2.18 bits per heavy atom. The lowest BCUT2D eigenvalue weighted by atomic mass is 9.73. The summed E-state index contributed by atoms with van der Waals surface area (Å²) >= 11 is 0. The van der Waals surface area contributed by atoms with Crippen molar-refractivity contribution in [3.05, 3.63) is 71.8 Å². The predicted molar refractivity (Wildman–Crippen MR) is 107 cm³/mol. The summed E-state index contributed by atoms with van der Waals surface area (Å²) in [6.45, 7) is 3.03. The molecular weight excluding hydrogens is 350 g/mol. The van der Waals surface area contributed by atoms with Gasteiger partial charge in [-0.1, -0.05) is 60.7 Å². The number of nitriles is 1. The second kappa shape index (κ2) is 7.29. The lowest BCUT2D eigenvalue weighted by Gasteiger charge is -2.30. The van der Waals surface area contributed by atoms with Gasteiger partial charge in [0, 0.05) is 33.1 Å². The lowest BCUT2D eigenvalue weighted by molar-refractivity contribution is 0.0630. The second-order valence-corrected chi connectivity index (χ2v) is 7.93. The van der Waals surface area contributed by atoms with E-state index in [1.165, 1.54) is 0 Å². The molecule has 0 aliphatic carbocycles. The van der Waals surface area contributed by atoms with Gasteiger partial charge in [0.1, 0.15) is 11.0 Å². The van der Waals surface area contributed by atoms with E-state index in [4.69, 9.17) is 4.74 Å². The summed E-state index contributed by atoms with van der Waals surface area (Å²) in [6, 6.07) is 22.7. The molecule has 4 rings (SSSR count). The second-order valence-electron chi connectivity index (χ2n) is 7.93. The summed E-state index contributed by atoms with van der Waals surface area (Å²) in [5.74, 6) is 0. The predicted octanol–water partition coefficient (Wildman–Crippen LogP) is 3.41. The van der Waals surface area contributed by atoms with E-state index in [-0.39, 0.29) is 11.7 Å². The SMILES string of the molecule is CN1CC2(CCN(CCC(C#N)(c3ccccc3)c3ccccc3)C2)OC1=O. The molecule has 144 valence electrons. The van der Waals surface area contributed by atoms with Crippen LogP contribution >= 0.6 is 0 Å². The number of carbonyl (C=O) groups is 1. The molecule has 5 nitrogen and oxygen atoms in total. The number of rotatable bonds is 5. The average Bonchev–Trinajstić information content (AvgIpc) is 3.25. The Morgan fingerprint density at radius 2 is 1.68 bits per heavy atom. The van der Waals surface area contributed by atoms with Crippen LogP contribution in [0.25, 0.3) is 0 Å². The zero-order chi connectivity index (χ0) is 19.6. The number of ether oxygens (including phenoxy) is 1. The van der Waals surface area contributed by atoms with Gasteiger partial charge in [-0.3, -0.25) is 4.90 Å². The van der Waals surface area contributed by atoms with Crippen LogP contribution in [0, 0.1) is 11.3 Å². The highest BCUT2D eigenvalue weighted by atomic mass is 16.6. The Morgan fingerprint density at radius 1 is 1.07 bits per heavy atom. The standard InChI is InChI=1S/C23H25N3O2/c1-25-17-22(28-21(25)27)12-14-26(18-22)15-13-23(16-24,19-8-4-2-5-9-19)20-10-6-3-7-11-20/h2-11H,12-15,17-18H2,1H3. The third-order valence-electron chi connectivity index (χ3n) is 6.06. The summed E-state index contributed by atoms with van der Waals surface area (Å²) in [6.07, 6.45) is 1.30. The van der Waals surface area contributed by atoms with Crippen LogP contribution in [-0.2, 0) is 10.2 Å². The smallest absolute Gasteiger partial charge is 0.410 e. The quantitative estimate of drug-likeness (QED) is 0.804. The number of likely N-dealkylation sites (tertiary alicyclic amines) is 1. The number of carbonyl (C=O) groups excluding carboxylic acids is 1. The lowest BCUT2D eigenvalue weighted by Crippen LogP contribution is -2.38. The van der Waals surface area contributed by atoms with E-state index in [1.54, 1.807) is 11.9 Å². The number of hydrogen-bond acceptors (Lipinski definition) is 4. The third kappa shape index (κ3) is 3.25. The summed E-state index contributed by atoms with van der Waals surface area (Å²) in [5, 5.41) is 10.3. The highest BCUT2D eigenvalue weighted by Crippen LogP contribution is 2.37. The Labute approximate surface area is 166 Å². The number of nitrogens with zero attached hydrogens (tertiary/aromatic N) is 3. The van der Waals surface area contributed by atoms with Crippen LogP contribution in [0.2, 0.25) is 0 Å². The van der Waals surface area contributed by atoms with Gasteiger partial charge < -0.3 is 9.64 Å². The van der Waals surface area contributed by atoms with E-state index in [0.29, 0.717) is 13.0 Å². The molecule has 2 aliphatic rings. The summed E-state index contributed by atoms with van der Waals surface area (Å²) < 4.78 is 5.66. The molecule has 2 aromatic rings. The highest BCUT2D eigenvalue weighted by molar-refractivity contribution is 5.70. The highest BCUT2D eigenvalue weighted by Gasteiger charge is 2.48. The normalized spacial score (nSPS) is 22.4. The molecule has 1 unspecified atom stereocenters. The molecule has 5 heteroatoms. The van der Waals surface area contributed by atoms with Crippen LogP contribution in [0.5, 0.6) is 0 Å². The first-order valence-electron chi connectivity index (χ1n) is 9.76. The zero-order valence-corrected chi connectivity index (χ0v) is 16.2. The largest absolute Gasteiger partial charge is 0.439 e. The van der Waals surface area contributed by atoms with Crippen molar-refractivity contribution in [1.29, 1.82) is 5.26 Å². The fraction of sp³-hybridized carbons (Fsp3) is 0.391. The van der Waals surface area contributed by atoms with Crippen LogP contribution in [0.4, 0.5) is 4.79 Å². The van der Waals surface area contributed by atoms with E-state index >= 15 is 0 Å². The molecule has 28 heavy (non-hydrogen) atoms. The first-order chi connectivity index (χ1) is 13.6. The summed E-state index contributed by atoms with van der Waals surface area (Å²) in [7, 11) is 1.78. The number of amides is 1. The van der Waals surface area contributed by atoms with E-state index < -0.39 is 5.41 Å². The molecule has 2 fully saturated rings.